The van der Waals surface area contributed by atoms with E-state index in [-0.39, 0.29) is 7.69 Å². The Balaban J connectivity index is 2.69. The molecule has 1 aromatic rings. The Morgan fingerprint density at radius 1 is 1.36 bits per heavy atom. The summed E-state index contributed by atoms with van der Waals surface area (Å²) in [5.41, 5.74) is 0.890. The molecule has 11 heavy (non-hydrogen) atoms. The van der Waals surface area contributed by atoms with Crippen molar-refractivity contribution in [3.8, 4) is 0 Å². The van der Waals surface area contributed by atoms with Crippen LogP contribution in [0, 0.1) is 0 Å². The van der Waals surface area contributed by atoms with Gasteiger partial charge in [0.2, 0.25) is 0 Å². The Morgan fingerprint density at radius 2 is 2.00 bits per heavy atom. The molecule has 0 aliphatic heterocycles. The van der Waals surface area contributed by atoms with E-state index in [0.717, 1.165) is 5.56 Å². The molecule has 0 atom stereocenters. The summed E-state index contributed by atoms with van der Waals surface area (Å²) in [4.78, 5) is 0. The van der Waals surface area contributed by atoms with Crippen LogP contribution < -0.4 is 0 Å². The molecule has 0 aromatic heterocycles. The lowest BCUT2D eigenvalue weighted by Crippen LogP contribution is -1.95. The molecule has 1 rings (SSSR count). The maximum absolute atomic E-state index is 8.41. The molecule has 0 bridgehead atoms. The van der Waals surface area contributed by atoms with Crippen LogP contribution in [0.5, 0.6) is 0 Å². The molecule has 0 aliphatic carbocycles. The zero-order valence-electron chi connectivity index (χ0n) is 6.16. The van der Waals surface area contributed by atoms with Gasteiger partial charge in [0.15, 0.2) is 0 Å². The van der Waals surface area contributed by atoms with Gasteiger partial charge in [0.05, 0.1) is 0 Å². The highest BCUT2D eigenvalue weighted by Crippen LogP contribution is 2.10. The first-order valence-electron chi connectivity index (χ1n) is 3.32. The lowest BCUT2D eigenvalue weighted by atomic mass is 10.2. The number of hydrogen-bond donors (Lipinski definition) is 1. The Labute approximate surface area is 66.4 Å². The second-order valence-electron chi connectivity index (χ2n) is 2.06. The maximum Gasteiger partial charge on any atom is 0.504 e. The highest BCUT2D eigenvalue weighted by molar-refractivity contribution is 6.18. The molecule has 0 spiro atoms. The van der Waals surface area contributed by atoms with Crippen molar-refractivity contribution in [3.63, 3.8) is 0 Å². The maximum atomic E-state index is 8.41. The van der Waals surface area contributed by atoms with Gasteiger partial charge in [-0.15, -0.1) is 0 Å². The summed E-state index contributed by atoms with van der Waals surface area (Å²) in [5.74, 6) is 0.494. The Bertz CT molecular complexity index is 233. The Hall–Kier alpha value is -1.22. The van der Waals surface area contributed by atoms with Crippen LogP contribution in [-0.4, -0.2) is 12.7 Å². The zero-order valence-corrected chi connectivity index (χ0v) is 6.16. The summed E-state index contributed by atoms with van der Waals surface area (Å²) in [6, 6.07) is 9.44. The third-order valence-corrected chi connectivity index (χ3v) is 1.33. The van der Waals surface area contributed by atoms with E-state index in [1.54, 1.807) is 0 Å². The predicted octanol–water partition coefficient (Wildman–Crippen LogP) is 0.933. The first-order valence-corrected chi connectivity index (χ1v) is 3.32. The highest BCUT2D eigenvalue weighted by Gasteiger charge is 1.96. The quantitative estimate of drug-likeness (QED) is 0.510. The second-order valence-corrected chi connectivity index (χ2v) is 2.06. The van der Waals surface area contributed by atoms with E-state index in [0.29, 0.717) is 5.76 Å². The minimum Gasteiger partial charge on any atom is -0.539 e. The number of rotatable bonds is 3. The molecule has 3 heteroatoms. The van der Waals surface area contributed by atoms with Crippen LogP contribution in [0.15, 0.2) is 36.9 Å². The van der Waals surface area contributed by atoms with Crippen LogP contribution in [0.3, 0.4) is 0 Å². The highest BCUT2D eigenvalue weighted by atomic mass is 16.5. The van der Waals surface area contributed by atoms with Crippen LogP contribution in [0.2, 0.25) is 0 Å². The van der Waals surface area contributed by atoms with Gasteiger partial charge in [0.25, 0.3) is 0 Å². The van der Waals surface area contributed by atoms with E-state index >= 15 is 0 Å². The van der Waals surface area contributed by atoms with Gasteiger partial charge >= 0.3 is 7.69 Å². The Morgan fingerprint density at radius 3 is 2.55 bits per heavy atom. The molecular formula is C8H9BO2. The second kappa shape index (κ2) is 3.83. The molecule has 0 unspecified atom stereocenters. The van der Waals surface area contributed by atoms with E-state index in [4.69, 9.17) is 9.68 Å². The topological polar surface area (TPSA) is 29.5 Å². The van der Waals surface area contributed by atoms with Crippen molar-refractivity contribution in [3.05, 3.63) is 42.5 Å². The van der Waals surface area contributed by atoms with Crippen LogP contribution in [-0.2, 0) is 4.65 Å². The third-order valence-electron chi connectivity index (χ3n) is 1.33. The molecule has 0 amide bonds. The summed E-state index contributed by atoms with van der Waals surface area (Å²) < 4.78 is 4.79. The van der Waals surface area contributed by atoms with Crippen molar-refractivity contribution in [2.24, 2.45) is 0 Å². The average Bonchev–Trinajstić information content (AvgIpc) is 2.07. The largest absolute Gasteiger partial charge is 0.539 e. The van der Waals surface area contributed by atoms with Gasteiger partial charge < -0.3 is 9.68 Å². The van der Waals surface area contributed by atoms with Gasteiger partial charge in [0, 0.05) is 5.56 Å². The van der Waals surface area contributed by atoms with Gasteiger partial charge in [-0.1, -0.05) is 36.9 Å². The van der Waals surface area contributed by atoms with Gasteiger partial charge in [0.1, 0.15) is 5.76 Å². The van der Waals surface area contributed by atoms with Crippen LogP contribution >= 0.6 is 0 Å². The molecule has 0 saturated carbocycles. The van der Waals surface area contributed by atoms with Crippen molar-refractivity contribution in [2.45, 2.75) is 0 Å². The SMILES string of the molecule is C=C(OBO)c1ccccc1. The average molecular weight is 148 g/mol. The smallest absolute Gasteiger partial charge is 0.504 e. The molecule has 56 valence electrons. The van der Waals surface area contributed by atoms with Crippen molar-refractivity contribution < 1.29 is 9.68 Å². The summed E-state index contributed by atoms with van der Waals surface area (Å²) >= 11 is 0. The monoisotopic (exact) mass is 148 g/mol. The van der Waals surface area contributed by atoms with Crippen molar-refractivity contribution in [1.82, 2.24) is 0 Å². The predicted molar refractivity (Wildman–Crippen MR) is 45.9 cm³/mol. The number of benzene rings is 1. The van der Waals surface area contributed by atoms with Crippen molar-refractivity contribution >= 4 is 13.4 Å². The van der Waals surface area contributed by atoms with Crippen LogP contribution in [0.4, 0.5) is 0 Å². The fourth-order valence-electron chi connectivity index (χ4n) is 0.785. The van der Waals surface area contributed by atoms with Crippen molar-refractivity contribution in [2.75, 3.05) is 0 Å². The van der Waals surface area contributed by atoms with Crippen LogP contribution in [0.1, 0.15) is 5.56 Å². The van der Waals surface area contributed by atoms with E-state index in [1.165, 1.54) is 0 Å². The van der Waals surface area contributed by atoms with E-state index in [2.05, 4.69) is 6.58 Å². The summed E-state index contributed by atoms with van der Waals surface area (Å²) in [5, 5.41) is 8.41. The number of hydrogen-bond acceptors (Lipinski definition) is 2. The van der Waals surface area contributed by atoms with Crippen LogP contribution in [0.25, 0.3) is 5.76 Å². The van der Waals surface area contributed by atoms with Gasteiger partial charge in [-0.25, -0.2) is 0 Å². The van der Waals surface area contributed by atoms with E-state index in [1.807, 2.05) is 30.3 Å². The molecule has 1 N–H and O–H groups in total. The first-order chi connectivity index (χ1) is 5.34. The minimum absolute atomic E-state index is 0.326. The summed E-state index contributed by atoms with van der Waals surface area (Å²) in [6.07, 6.45) is 0. The fraction of sp³-hybridized carbons (Fsp3) is 0. The zero-order chi connectivity index (χ0) is 8.10. The van der Waals surface area contributed by atoms with Crippen molar-refractivity contribution in [1.29, 1.82) is 0 Å². The third kappa shape index (κ3) is 2.13. The summed E-state index contributed by atoms with van der Waals surface area (Å²) in [7, 11) is -0.326. The fourth-order valence-corrected chi connectivity index (χ4v) is 0.785. The lowest BCUT2D eigenvalue weighted by molar-refractivity contribution is 0.429. The van der Waals surface area contributed by atoms with Gasteiger partial charge in [-0.05, 0) is 0 Å². The first kappa shape index (κ1) is 7.89. The normalized spacial score (nSPS) is 8.82. The molecule has 0 aliphatic rings. The van der Waals surface area contributed by atoms with Gasteiger partial charge in [-0.3, -0.25) is 0 Å². The molecule has 0 saturated heterocycles. The minimum atomic E-state index is -0.326. The molecule has 2 nitrogen and oxygen atoms in total. The van der Waals surface area contributed by atoms with E-state index in [9.17, 15) is 0 Å². The van der Waals surface area contributed by atoms with E-state index < -0.39 is 0 Å². The molecule has 0 radical (unpaired) electrons. The molecule has 1 aromatic carbocycles. The summed E-state index contributed by atoms with van der Waals surface area (Å²) in [6.45, 7) is 3.63. The Kier molecular flexibility index (Phi) is 2.75. The lowest BCUT2D eigenvalue weighted by Gasteiger charge is -2.04. The molecule has 0 fully saturated rings. The van der Waals surface area contributed by atoms with Gasteiger partial charge in [-0.2, -0.15) is 0 Å². The standard InChI is InChI=1S/C8H9BO2/c1-7(11-9-10)8-5-3-2-4-6-8/h2-6,9-10H,1H2. The molecule has 0 heterocycles. The molecular weight excluding hydrogens is 139 g/mol.